The molecule has 1 heterocycles. The van der Waals surface area contributed by atoms with Crippen molar-refractivity contribution in [3.63, 3.8) is 0 Å². The van der Waals surface area contributed by atoms with Crippen LogP contribution in [0.4, 0.5) is 0 Å². The van der Waals surface area contributed by atoms with Gasteiger partial charge in [0.2, 0.25) is 0 Å². The number of hydrogen-bond donors (Lipinski definition) is 2. The van der Waals surface area contributed by atoms with Crippen LogP contribution in [-0.2, 0) is 11.8 Å². The van der Waals surface area contributed by atoms with E-state index in [2.05, 4.69) is 31.2 Å². The monoisotopic (exact) mass is 321 g/mol. The van der Waals surface area contributed by atoms with Crippen LogP contribution < -0.4 is 5.32 Å². The molecule has 0 unspecified atom stereocenters. The van der Waals surface area contributed by atoms with Gasteiger partial charge in [-0.2, -0.15) is 0 Å². The second-order valence-electron chi connectivity index (χ2n) is 4.23. The zero-order chi connectivity index (χ0) is 13.5. The Morgan fingerprint density at radius 1 is 1.32 bits per heavy atom. The second-order valence-corrected chi connectivity index (χ2v) is 4.79. The standard InChI is InChI=1S/C14H16BrN3O/c15-10-11-3-5-12(6-4-11)14(19)18-7-1-2-13-16-8-9-17-13/h3-6,8-9H,1-2,7,10H2,(H,16,17)(H,18,19). The number of aromatic nitrogens is 2. The number of alkyl halides is 1. The summed E-state index contributed by atoms with van der Waals surface area (Å²) in [7, 11) is 0. The molecule has 2 N–H and O–H groups in total. The Kier molecular flexibility index (Phi) is 5.15. The van der Waals surface area contributed by atoms with Crippen molar-refractivity contribution >= 4 is 21.8 Å². The van der Waals surface area contributed by atoms with Crippen LogP contribution in [0.15, 0.2) is 36.7 Å². The lowest BCUT2D eigenvalue weighted by molar-refractivity contribution is 0.0953. The Balaban J connectivity index is 1.74. The number of aryl methyl sites for hydroxylation is 1. The van der Waals surface area contributed by atoms with Gasteiger partial charge in [0.1, 0.15) is 5.82 Å². The molecule has 0 saturated heterocycles. The lowest BCUT2D eigenvalue weighted by atomic mass is 10.1. The minimum absolute atomic E-state index is 0.0273. The number of H-pyrrole nitrogens is 1. The number of hydrogen-bond acceptors (Lipinski definition) is 2. The van der Waals surface area contributed by atoms with Gasteiger partial charge < -0.3 is 10.3 Å². The van der Waals surface area contributed by atoms with E-state index in [-0.39, 0.29) is 5.91 Å². The quantitative estimate of drug-likeness (QED) is 0.634. The summed E-state index contributed by atoms with van der Waals surface area (Å²) in [4.78, 5) is 19.0. The molecule has 0 aliphatic carbocycles. The minimum atomic E-state index is -0.0273. The molecular formula is C14H16BrN3O. The average Bonchev–Trinajstić information content (AvgIpc) is 2.96. The Bertz CT molecular complexity index is 508. The number of halogens is 1. The number of amides is 1. The number of carbonyl (C=O) groups excluding carboxylic acids is 1. The average molecular weight is 322 g/mol. The predicted octanol–water partition coefficient (Wildman–Crippen LogP) is 2.67. The smallest absolute Gasteiger partial charge is 0.251 e. The third kappa shape index (κ3) is 4.21. The molecule has 0 atom stereocenters. The lowest BCUT2D eigenvalue weighted by Crippen LogP contribution is -2.24. The number of rotatable bonds is 6. The highest BCUT2D eigenvalue weighted by atomic mass is 79.9. The van der Waals surface area contributed by atoms with Crippen LogP contribution in [0.25, 0.3) is 0 Å². The SMILES string of the molecule is O=C(NCCCc1ncc[nH]1)c1ccc(CBr)cc1. The maximum Gasteiger partial charge on any atom is 0.251 e. The van der Waals surface area contributed by atoms with Gasteiger partial charge >= 0.3 is 0 Å². The Hall–Kier alpha value is -1.62. The maximum atomic E-state index is 11.9. The van der Waals surface area contributed by atoms with E-state index in [0.717, 1.165) is 29.6 Å². The molecule has 0 aliphatic heterocycles. The van der Waals surface area contributed by atoms with E-state index >= 15 is 0 Å². The molecule has 4 nitrogen and oxygen atoms in total. The van der Waals surface area contributed by atoms with Gasteiger partial charge in [-0.25, -0.2) is 4.98 Å². The van der Waals surface area contributed by atoms with Crippen molar-refractivity contribution in [2.45, 2.75) is 18.2 Å². The highest BCUT2D eigenvalue weighted by Crippen LogP contribution is 2.07. The molecule has 0 aliphatic rings. The number of aromatic amines is 1. The second kappa shape index (κ2) is 7.09. The molecule has 1 aromatic heterocycles. The first-order valence-corrected chi connectivity index (χ1v) is 7.33. The summed E-state index contributed by atoms with van der Waals surface area (Å²) in [6, 6.07) is 7.59. The summed E-state index contributed by atoms with van der Waals surface area (Å²) in [6.07, 6.45) is 5.26. The lowest BCUT2D eigenvalue weighted by Gasteiger charge is -2.05. The van der Waals surface area contributed by atoms with Crippen LogP contribution in [0.1, 0.15) is 28.2 Å². The van der Waals surface area contributed by atoms with Crippen molar-refractivity contribution in [3.05, 3.63) is 53.6 Å². The first-order chi connectivity index (χ1) is 9.29. The maximum absolute atomic E-state index is 11.9. The Labute approximate surface area is 120 Å². The molecule has 19 heavy (non-hydrogen) atoms. The third-order valence-electron chi connectivity index (χ3n) is 2.80. The molecule has 2 rings (SSSR count). The molecule has 0 bridgehead atoms. The number of imidazole rings is 1. The number of nitrogens with one attached hydrogen (secondary N) is 2. The van der Waals surface area contributed by atoms with E-state index in [9.17, 15) is 4.79 Å². The first-order valence-electron chi connectivity index (χ1n) is 6.21. The van der Waals surface area contributed by atoms with E-state index in [1.54, 1.807) is 12.4 Å². The van der Waals surface area contributed by atoms with E-state index in [0.29, 0.717) is 12.1 Å². The number of carbonyl (C=O) groups is 1. The summed E-state index contributed by atoms with van der Waals surface area (Å²) in [5, 5.41) is 3.71. The summed E-state index contributed by atoms with van der Waals surface area (Å²) in [5.41, 5.74) is 1.86. The Morgan fingerprint density at radius 3 is 2.74 bits per heavy atom. The summed E-state index contributed by atoms with van der Waals surface area (Å²) in [5.74, 6) is 0.927. The van der Waals surface area contributed by atoms with Gasteiger partial charge in [0, 0.05) is 36.3 Å². The first kappa shape index (κ1) is 13.8. The molecule has 0 spiro atoms. The van der Waals surface area contributed by atoms with Crippen LogP contribution in [0, 0.1) is 0 Å². The van der Waals surface area contributed by atoms with Crippen molar-refractivity contribution in [3.8, 4) is 0 Å². The fourth-order valence-corrected chi connectivity index (χ4v) is 2.11. The van der Waals surface area contributed by atoms with E-state index < -0.39 is 0 Å². The van der Waals surface area contributed by atoms with Crippen molar-refractivity contribution in [2.75, 3.05) is 6.54 Å². The molecule has 5 heteroatoms. The minimum Gasteiger partial charge on any atom is -0.352 e. The molecular weight excluding hydrogens is 306 g/mol. The normalized spacial score (nSPS) is 10.4. The predicted molar refractivity (Wildman–Crippen MR) is 78.3 cm³/mol. The van der Waals surface area contributed by atoms with Crippen LogP contribution in [0.2, 0.25) is 0 Å². The van der Waals surface area contributed by atoms with Gasteiger partial charge in [0.15, 0.2) is 0 Å². The van der Waals surface area contributed by atoms with E-state index in [1.165, 1.54) is 0 Å². The fraction of sp³-hybridized carbons (Fsp3) is 0.286. The molecule has 2 aromatic rings. The van der Waals surface area contributed by atoms with Gasteiger partial charge in [0.05, 0.1) is 0 Å². The van der Waals surface area contributed by atoms with Crippen LogP contribution in [-0.4, -0.2) is 22.4 Å². The van der Waals surface area contributed by atoms with Crippen molar-refractivity contribution in [1.29, 1.82) is 0 Å². The van der Waals surface area contributed by atoms with Crippen LogP contribution in [0.3, 0.4) is 0 Å². The topological polar surface area (TPSA) is 57.8 Å². The number of nitrogens with zero attached hydrogens (tertiary/aromatic N) is 1. The van der Waals surface area contributed by atoms with Gasteiger partial charge in [-0.1, -0.05) is 28.1 Å². The summed E-state index contributed by atoms with van der Waals surface area (Å²) in [6.45, 7) is 0.653. The van der Waals surface area contributed by atoms with Crippen molar-refractivity contribution in [2.24, 2.45) is 0 Å². The summed E-state index contributed by atoms with van der Waals surface area (Å²) >= 11 is 3.38. The van der Waals surface area contributed by atoms with Gasteiger partial charge in [-0.3, -0.25) is 4.79 Å². The van der Waals surface area contributed by atoms with Gasteiger partial charge in [-0.05, 0) is 24.1 Å². The van der Waals surface area contributed by atoms with Crippen LogP contribution >= 0.6 is 15.9 Å². The van der Waals surface area contributed by atoms with Gasteiger partial charge in [-0.15, -0.1) is 0 Å². The zero-order valence-corrected chi connectivity index (χ0v) is 12.1. The van der Waals surface area contributed by atoms with Crippen LogP contribution in [0.5, 0.6) is 0 Å². The molecule has 1 amide bonds. The Morgan fingerprint density at radius 2 is 2.11 bits per heavy atom. The largest absolute Gasteiger partial charge is 0.352 e. The third-order valence-corrected chi connectivity index (χ3v) is 3.45. The summed E-state index contributed by atoms with van der Waals surface area (Å²) < 4.78 is 0. The highest BCUT2D eigenvalue weighted by Gasteiger charge is 2.04. The van der Waals surface area contributed by atoms with E-state index in [1.807, 2.05) is 24.3 Å². The molecule has 0 fully saturated rings. The highest BCUT2D eigenvalue weighted by molar-refractivity contribution is 9.08. The molecule has 0 radical (unpaired) electrons. The van der Waals surface area contributed by atoms with Crippen molar-refractivity contribution < 1.29 is 4.79 Å². The van der Waals surface area contributed by atoms with Gasteiger partial charge in [0.25, 0.3) is 5.91 Å². The molecule has 1 aromatic carbocycles. The fourth-order valence-electron chi connectivity index (χ4n) is 1.74. The van der Waals surface area contributed by atoms with E-state index in [4.69, 9.17) is 0 Å². The molecule has 100 valence electrons. The molecule has 0 saturated carbocycles. The van der Waals surface area contributed by atoms with Crippen molar-refractivity contribution in [1.82, 2.24) is 15.3 Å². The zero-order valence-electron chi connectivity index (χ0n) is 10.5. The number of benzene rings is 1.